The number of rotatable bonds is 4. The zero-order chi connectivity index (χ0) is 23.0. The Bertz CT molecular complexity index is 1310. The lowest BCUT2D eigenvalue weighted by molar-refractivity contribution is -0.125. The van der Waals surface area contributed by atoms with Gasteiger partial charge >= 0.3 is 0 Å². The highest BCUT2D eigenvalue weighted by Gasteiger charge is 2.31. The van der Waals surface area contributed by atoms with Gasteiger partial charge in [-0.15, -0.1) is 0 Å². The normalized spacial score (nSPS) is 15.5. The van der Waals surface area contributed by atoms with Crippen LogP contribution in [0.1, 0.15) is 34.1 Å². The number of carbonyl (C=O) groups excluding carboxylic acids is 2. The Labute approximate surface area is 183 Å². The standard InChI is InChI=1S/C22H22FN7O2/c1-4-19(31)29-8-7-14(11-29)30-22(25-2)20(21(24)32)16(27-30)6-5-13-9-17-18(10-15(13)23)28(3)12-26-17/h4,9-10,12,14,25H,1,7-8,11H2,2-3H3,(H2,24,32)/t14-/m0/s1. The second-order valence-corrected chi connectivity index (χ2v) is 7.49. The van der Waals surface area contributed by atoms with Gasteiger partial charge in [0.15, 0.2) is 5.69 Å². The van der Waals surface area contributed by atoms with Crippen LogP contribution < -0.4 is 11.1 Å². The molecule has 0 bridgehead atoms. The SMILES string of the molecule is C=CC(=O)N1CC[C@H](n2nc(C#Cc3cc4ncn(C)c4cc3F)c(C(N)=O)c2NC)C1. The first-order chi connectivity index (χ1) is 15.3. The van der Waals surface area contributed by atoms with Gasteiger partial charge in [-0.05, 0) is 24.5 Å². The third kappa shape index (κ3) is 3.58. The van der Waals surface area contributed by atoms with Crippen molar-refractivity contribution in [2.45, 2.75) is 12.5 Å². The van der Waals surface area contributed by atoms with Crippen molar-refractivity contribution in [1.82, 2.24) is 24.2 Å². The van der Waals surface area contributed by atoms with E-state index in [4.69, 9.17) is 5.73 Å². The number of fused-ring (bicyclic) bond motifs is 1. The summed E-state index contributed by atoms with van der Waals surface area (Å²) in [5.74, 6) is 4.58. The third-order valence-electron chi connectivity index (χ3n) is 5.52. The largest absolute Gasteiger partial charge is 0.373 e. The first-order valence-corrected chi connectivity index (χ1v) is 9.98. The Morgan fingerprint density at radius 1 is 1.38 bits per heavy atom. The molecule has 0 aliphatic carbocycles. The fourth-order valence-corrected chi connectivity index (χ4v) is 3.90. The summed E-state index contributed by atoms with van der Waals surface area (Å²) in [4.78, 5) is 30.0. The number of anilines is 1. The Balaban J connectivity index is 1.74. The van der Waals surface area contributed by atoms with Crippen LogP contribution >= 0.6 is 0 Å². The summed E-state index contributed by atoms with van der Waals surface area (Å²) in [5, 5.41) is 7.45. The summed E-state index contributed by atoms with van der Waals surface area (Å²) in [6.07, 6.45) is 3.50. The predicted molar refractivity (Wildman–Crippen MR) is 117 cm³/mol. The molecule has 1 saturated heterocycles. The molecule has 3 heterocycles. The number of likely N-dealkylation sites (tertiary alicyclic amines) is 1. The van der Waals surface area contributed by atoms with Gasteiger partial charge in [0.05, 0.1) is 29.0 Å². The van der Waals surface area contributed by atoms with E-state index in [0.717, 1.165) is 0 Å². The highest BCUT2D eigenvalue weighted by Crippen LogP contribution is 2.29. The lowest BCUT2D eigenvalue weighted by atomic mass is 10.1. The first kappa shape index (κ1) is 21.1. The zero-order valence-electron chi connectivity index (χ0n) is 17.7. The Morgan fingerprint density at radius 2 is 2.16 bits per heavy atom. The summed E-state index contributed by atoms with van der Waals surface area (Å²) in [5.41, 5.74) is 7.25. The number of primary amides is 1. The van der Waals surface area contributed by atoms with Crippen LogP contribution in [0.15, 0.2) is 31.1 Å². The molecule has 1 atom stereocenters. The number of nitrogens with two attached hydrogens (primary N) is 1. The highest BCUT2D eigenvalue weighted by atomic mass is 19.1. The average Bonchev–Trinajstić information content (AvgIpc) is 3.48. The van der Waals surface area contributed by atoms with Crippen molar-refractivity contribution in [3.05, 3.63) is 53.8 Å². The van der Waals surface area contributed by atoms with E-state index in [0.29, 0.717) is 36.4 Å². The molecule has 3 N–H and O–H groups in total. The van der Waals surface area contributed by atoms with Gasteiger partial charge in [-0.1, -0.05) is 12.5 Å². The van der Waals surface area contributed by atoms with Crippen molar-refractivity contribution < 1.29 is 14.0 Å². The minimum Gasteiger partial charge on any atom is -0.373 e. The number of aryl methyl sites for hydroxylation is 1. The van der Waals surface area contributed by atoms with Crippen molar-refractivity contribution in [1.29, 1.82) is 0 Å². The molecule has 1 fully saturated rings. The van der Waals surface area contributed by atoms with Gasteiger partial charge < -0.3 is 20.5 Å². The molecule has 1 aromatic carbocycles. The fourth-order valence-electron chi connectivity index (χ4n) is 3.90. The molecule has 0 saturated carbocycles. The zero-order valence-corrected chi connectivity index (χ0v) is 17.7. The van der Waals surface area contributed by atoms with Crippen LogP contribution in [-0.4, -0.2) is 56.2 Å². The number of amides is 2. The number of benzene rings is 1. The molecule has 0 radical (unpaired) electrons. The van der Waals surface area contributed by atoms with Crippen LogP contribution in [0, 0.1) is 17.7 Å². The molecular formula is C22H22FN7O2. The fraction of sp³-hybridized carbons (Fsp3) is 0.273. The summed E-state index contributed by atoms with van der Waals surface area (Å²) >= 11 is 0. The number of nitrogens with zero attached hydrogens (tertiary/aromatic N) is 5. The van der Waals surface area contributed by atoms with E-state index in [1.165, 1.54) is 12.1 Å². The third-order valence-corrected chi connectivity index (χ3v) is 5.52. The van der Waals surface area contributed by atoms with Gasteiger partial charge in [0.25, 0.3) is 5.91 Å². The molecule has 2 aromatic heterocycles. The summed E-state index contributed by atoms with van der Waals surface area (Å²) in [6, 6.07) is 2.74. The minimum absolute atomic E-state index is 0.118. The number of aromatic nitrogens is 4. The van der Waals surface area contributed by atoms with E-state index in [1.807, 2.05) is 0 Å². The number of halogens is 1. The molecule has 164 valence electrons. The quantitative estimate of drug-likeness (QED) is 0.476. The van der Waals surface area contributed by atoms with Crippen molar-refractivity contribution >= 4 is 28.7 Å². The number of hydrogen-bond donors (Lipinski definition) is 2. The maximum absolute atomic E-state index is 14.6. The van der Waals surface area contributed by atoms with E-state index < -0.39 is 11.7 Å². The lowest BCUT2D eigenvalue weighted by Gasteiger charge is -2.16. The van der Waals surface area contributed by atoms with Crippen molar-refractivity contribution in [2.75, 3.05) is 25.5 Å². The molecule has 32 heavy (non-hydrogen) atoms. The van der Waals surface area contributed by atoms with Crippen LogP contribution in [0.2, 0.25) is 0 Å². The number of imidazole rings is 1. The molecule has 1 aliphatic heterocycles. The Hall–Kier alpha value is -4.13. The van der Waals surface area contributed by atoms with E-state index >= 15 is 0 Å². The molecule has 10 heteroatoms. The van der Waals surface area contributed by atoms with E-state index in [1.54, 1.807) is 40.6 Å². The summed E-state index contributed by atoms with van der Waals surface area (Å²) < 4.78 is 17.9. The molecule has 9 nitrogen and oxygen atoms in total. The van der Waals surface area contributed by atoms with Crippen LogP contribution in [-0.2, 0) is 11.8 Å². The van der Waals surface area contributed by atoms with Crippen LogP contribution in [0.5, 0.6) is 0 Å². The average molecular weight is 435 g/mol. The summed E-state index contributed by atoms with van der Waals surface area (Å²) in [7, 11) is 3.42. The van der Waals surface area contributed by atoms with Gasteiger partial charge in [0.1, 0.15) is 17.2 Å². The van der Waals surface area contributed by atoms with Crippen molar-refractivity contribution in [3.8, 4) is 11.8 Å². The van der Waals surface area contributed by atoms with E-state index in [-0.39, 0.29) is 28.8 Å². The monoisotopic (exact) mass is 435 g/mol. The minimum atomic E-state index is -0.706. The molecule has 4 rings (SSSR count). The first-order valence-electron chi connectivity index (χ1n) is 9.98. The van der Waals surface area contributed by atoms with Gasteiger partial charge in [0, 0.05) is 33.3 Å². The molecule has 1 aliphatic rings. The van der Waals surface area contributed by atoms with Crippen LogP contribution in [0.3, 0.4) is 0 Å². The second kappa shape index (κ2) is 8.19. The predicted octanol–water partition coefficient (Wildman–Crippen LogP) is 1.41. The molecule has 3 aromatic rings. The molecular weight excluding hydrogens is 413 g/mol. The molecule has 2 amide bonds. The van der Waals surface area contributed by atoms with Crippen LogP contribution in [0.4, 0.5) is 10.2 Å². The van der Waals surface area contributed by atoms with Gasteiger partial charge in [-0.2, -0.15) is 5.10 Å². The van der Waals surface area contributed by atoms with Gasteiger partial charge in [0.2, 0.25) is 5.91 Å². The lowest BCUT2D eigenvalue weighted by Crippen LogP contribution is -2.27. The van der Waals surface area contributed by atoms with Crippen LogP contribution in [0.25, 0.3) is 11.0 Å². The second-order valence-electron chi connectivity index (χ2n) is 7.49. The highest BCUT2D eigenvalue weighted by molar-refractivity contribution is 6.00. The summed E-state index contributed by atoms with van der Waals surface area (Å²) in [6.45, 7) is 4.47. The molecule has 0 spiro atoms. The topological polar surface area (TPSA) is 111 Å². The van der Waals surface area contributed by atoms with Crippen molar-refractivity contribution in [2.24, 2.45) is 12.8 Å². The van der Waals surface area contributed by atoms with Crippen molar-refractivity contribution in [3.63, 3.8) is 0 Å². The smallest absolute Gasteiger partial charge is 0.255 e. The van der Waals surface area contributed by atoms with E-state index in [9.17, 15) is 14.0 Å². The van der Waals surface area contributed by atoms with Gasteiger partial charge in [-0.3, -0.25) is 9.59 Å². The van der Waals surface area contributed by atoms with E-state index in [2.05, 4.69) is 33.8 Å². The Morgan fingerprint density at radius 3 is 2.84 bits per heavy atom. The Kier molecular flexibility index (Phi) is 5.40. The number of nitrogens with one attached hydrogen (secondary N) is 1. The molecule has 0 unspecified atom stereocenters. The maximum Gasteiger partial charge on any atom is 0.255 e. The van der Waals surface area contributed by atoms with Gasteiger partial charge in [-0.25, -0.2) is 14.1 Å². The number of carbonyl (C=O) groups is 2. The maximum atomic E-state index is 14.6. The number of hydrogen-bond acceptors (Lipinski definition) is 5.